The van der Waals surface area contributed by atoms with Crippen molar-refractivity contribution in [2.24, 2.45) is 0 Å². The maximum Gasteiger partial charge on any atom is 0.416 e. The van der Waals surface area contributed by atoms with Gasteiger partial charge in [0.15, 0.2) is 5.82 Å². The molecule has 0 aliphatic heterocycles. The van der Waals surface area contributed by atoms with Crippen molar-refractivity contribution < 1.29 is 17.6 Å². The zero-order valence-corrected chi connectivity index (χ0v) is 20.0. The Hall–Kier alpha value is -3.45. The minimum absolute atomic E-state index is 0.0328. The normalized spacial score (nSPS) is 11.5. The summed E-state index contributed by atoms with van der Waals surface area (Å²) in [5.74, 6) is -0.0460. The van der Waals surface area contributed by atoms with Gasteiger partial charge in [-0.05, 0) is 51.4 Å². The van der Waals surface area contributed by atoms with Gasteiger partial charge < -0.3 is 26.1 Å². The van der Waals surface area contributed by atoms with Gasteiger partial charge in [-0.25, -0.2) is 19.3 Å². The van der Waals surface area contributed by atoms with Crippen LogP contribution in [0.5, 0.6) is 0 Å². The van der Waals surface area contributed by atoms with Crippen LogP contribution in [-0.4, -0.2) is 52.7 Å². The first-order chi connectivity index (χ1) is 16.5. The van der Waals surface area contributed by atoms with Crippen molar-refractivity contribution in [2.75, 3.05) is 43.0 Å². The number of nitrogen functional groups attached to an aromatic ring is 1. The third-order valence-corrected chi connectivity index (χ3v) is 5.47. The summed E-state index contributed by atoms with van der Waals surface area (Å²) < 4.78 is 56.1. The minimum Gasteiger partial charge on any atom is -0.383 e. The number of likely N-dealkylation sites (N-methyl/N-ethyl adjacent to an activating group) is 1. The number of benzene rings is 1. The molecule has 2 heterocycles. The fraction of sp³-hybridized carbons (Fsp3) is 0.273. The highest BCUT2D eigenvalue weighted by molar-refractivity contribution is 8.00. The number of alkyl halides is 3. The van der Waals surface area contributed by atoms with Crippen LogP contribution in [0.15, 0.2) is 41.6 Å². The van der Waals surface area contributed by atoms with Crippen LogP contribution >= 0.6 is 11.9 Å². The van der Waals surface area contributed by atoms with Crippen LogP contribution in [0, 0.1) is 11.2 Å². The molecule has 5 N–H and O–H groups in total. The number of halogens is 4. The van der Waals surface area contributed by atoms with E-state index < -0.39 is 17.6 Å². The van der Waals surface area contributed by atoms with Gasteiger partial charge in [0.25, 0.3) is 0 Å². The van der Waals surface area contributed by atoms with E-state index in [1.54, 1.807) is 13.0 Å². The Morgan fingerprint density at radius 2 is 1.91 bits per heavy atom. The first-order valence-corrected chi connectivity index (χ1v) is 11.1. The highest BCUT2D eigenvalue weighted by atomic mass is 32.2. The lowest BCUT2D eigenvalue weighted by Crippen LogP contribution is -2.22. The average Bonchev–Trinajstić information content (AvgIpc) is 2.77. The Labute approximate surface area is 204 Å². The van der Waals surface area contributed by atoms with Gasteiger partial charge in [-0.1, -0.05) is 0 Å². The highest BCUT2D eigenvalue weighted by Gasteiger charge is 2.30. The molecule has 0 amide bonds. The lowest BCUT2D eigenvalue weighted by molar-refractivity contribution is -0.137. The van der Waals surface area contributed by atoms with E-state index in [9.17, 15) is 17.6 Å². The predicted molar refractivity (Wildman–Crippen MR) is 130 cm³/mol. The number of aromatic nitrogens is 3. The van der Waals surface area contributed by atoms with Gasteiger partial charge in [-0.15, -0.1) is 0 Å². The van der Waals surface area contributed by atoms with Crippen molar-refractivity contribution in [3.05, 3.63) is 53.5 Å². The van der Waals surface area contributed by atoms with Crippen LogP contribution in [0.25, 0.3) is 11.4 Å². The molecule has 0 aliphatic carbocycles. The minimum atomic E-state index is -4.50. The maximum absolute atomic E-state index is 14.8. The molecular weight excluding hydrogens is 484 g/mol. The van der Waals surface area contributed by atoms with Crippen LogP contribution in [0.4, 0.5) is 34.9 Å². The van der Waals surface area contributed by atoms with Crippen molar-refractivity contribution in [3.63, 3.8) is 0 Å². The molecule has 0 bridgehead atoms. The van der Waals surface area contributed by atoms with E-state index in [4.69, 9.17) is 11.1 Å². The number of hydrogen-bond donors (Lipinski definition) is 4. The van der Waals surface area contributed by atoms with Crippen molar-refractivity contribution in [3.8, 4) is 11.4 Å². The molecule has 0 fully saturated rings. The van der Waals surface area contributed by atoms with E-state index >= 15 is 0 Å². The summed E-state index contributed by atoms with van der Waals surface area (Å²) >= 11 is 0.751. The largest absolute Gasteiger partial charge is 0.416 e. The Bertz CT molecular complexity index is 1220. The Kier molecular flexibility index (Phi) is 8.12. The van der Waals surface area contributed by atoms with Crippen molar-refractivity contribution >= 4 is 35.0 Å². The van der Waals surface area contributed by atoms with E-state index in [0.717, 1.165) is 30.3 Å². The topological polar surface area (TPSA) is 116 Å². The summed E-state index contributed by atoms with van der Waals surface area (Å²) in [4.78, 5) is 14.5. The van der Waals surface area contributed by atoms with E-state index in [-0.39, 0.29) is 28.1 Å². The fourth-order valence-corrected chi connectivity index (χ4v) is 3.67. The van der Waals surface area contributed by atoms with Gasteiger partial charge in [0.05, 0.1) is 16.8 Å². The summed E-state index contributed by atoms with van der Waals surface area (Å²) in [6.45, 7) is 2.83. The third-order valence-electron chi connectivity index (χ3n) is 4.72. The number of hydrogen-bond acceptors (Lipinski definition) is 9. The molecule has 3 aromatic rings. The Balaban J connectivity index is 1.82. The number of nitrogens with one attached hydrogen (secondary N) is 3. The van der Waals surface area contributed by atoms with Crippen molar-refractivity contribution in [1.82, 2.24) is 19.9 Å². The number of pyridine rings is 1. The van der Waals surface area contributed by atoms with Gasteiger partial charge in [0.2, 0.25) is 0 Å². The molecule has 0 saturated carbocycles. The molecule has 35 heavy (non-hydrogen) atoms. The average molecular weight is 509 g/mol. The second-order valence-electron chi connectivity index (χ2n) is 7.79. The summed E-state index contributed by atoms with van der Waals surface area (Å²) in [5.41, 5.74) is 6.17. The van der Waals surface area contributed by atoms with E-state index in [2.05, 4.69) is 25.0 Å². The smallest absolute Gasteiger partial charge is 0.383 e. The predicted octanol–water partition coefficient (Wildman–Crippen LogP) is 4.76. The van der Waals surface area contributed by atoms with Crippen LogP contribution in [0.1, 0.15) is 18.1 Å². The lowest BCUT2D eigenvalue weighted by atomic mass is 10.1. The molecule has 3 rings (SSSR count). The second-order valence-corrected chi connectivity index (χ2v) is 8.62. The number of nitrogens with zero attached hydrogens (tertiary/aromatic N) is 4. The van der Waals surface area contributed by atoms with Gasteiger partial charge in [-0.2, -0.15) is 13.2 Å². The molecule has 0 spiro atoms. The van der Waals surface area contributed by atoms with E-state index in [0.29, 0.717) is 30.0 Å². The third kappa shape index (κ3) is 6.79. The standard InChI is InChI=1S/C22H24F4N8S/c1-12(27)18-19(28)31-20(32-21(18)30-8-9-34(2)3)13-4-5-16(15(23)10-13)33-35-17-11-14(6-7-29-17)22(24,25)26/h4-7,10-11,27,33H,8-9H2,1-3H3,(H3,28,30,31,32). The SMILES string of the molecule is CC(=N)c1c(N)nc(-c2ccc(NSc3cc(C(F)(F)F)ccn3)c(F)c2)nc1NCCN(C)C. The van der Waals surface area contributed by atoms with Crippen molar-refractivity contribution in [1.29, 1.82) is 5.41 Å². The number of anilines is 3. The Morgan fingerprint density at radius 3 is 2.54 bits per heavy atom. The molecule has 1 aromatic carbocycles. The van der Waals surface area contributed by atoms with Gasteiger partial charge in [0, 0.05) is 42.5 Å². The molecule has 2 aromatic heterocycles. The molecule has 0 saturated heterocycles. The molecule has 186 valence electrons. The first kappa shape index (κ1) is 26.2. The van der Waals surface area contributed by atoms with E-state index in [1.165, 1.54) is 12.1 Å². The molecule has 0 radical (unpaired) electrons. The van der Waals surface area contributed by atoms with Crippen LogP contribution in [0.2, 0.25) is 0 Å². The zero-order valence-electron chi connectivity index (χ0n) is 19.2. The molecule has 13 heteroatoms. The molecule has 0 aliphatic rings. The van der Waals surface area contributed by atoms with Gasteiger partial charge >= 0.3 is 6.18 Å². The maximum atomic E-state index is 14.8. The number of rotatable bonds is 9. The van der Waals surface area contributed by atoms with Gasteiger partial charge in [0.1, 0.15) is 22.5 Å². The summed E-state index contributed by atoms with van der Waals surface area (Å²) in [6.07, 6.45) is -3.46. The van der Waals surface area contributed by atoms with Crippen LogP contribution in [-0.2, 0) is 6.18 Å². The fourth-order valence-electron chi connectivity index (χ4n) is 2.99. The first-order valence-electron chi connectivity index (χ1n) is 10.3. The van der Waals surface area contributed by atoms with Crippen molar-refractivity contribution in [2.45, 2.75) is 18.1 Å². The lowest BCUT2D eigenvalue weighted by Gasteiger charge is -2.16. The molecule has 0 unspecified atom stereocenters. The highest BCUT2D eigenvalue weighted by Crippen LogP contribution is 2.32. The summed E-state index contributed by atoms with van der Waals surface area (Å²) in [7, 11) is 3.84. The van der Waals surface area contributed by atoms with Crippen LogP contribution in [0.3, 0.4) is 0 Å². The quantitative estimate of drug-likeness (QED) is 0.186. The molecular formula is C22H24F4N8S. The summed E-state index contributed by atoms with van der Waals surface area (Å²) in [5, 5.41) is 11.2. The monoisotopic (exact) mass is 508 g/mol. The van der Waals surface area contributed by atoms with E-state index in [1.807, 2.05) is 19.0 Å². The zero-order chi connectivity index (χ0) is 25.8. The second kappa shape index (κ2) is 10.9. The van der Waals surface area contributed by atoms with Gasteiger partial charge in [-0.3, -0.25) is 0 Å². The molecule has 8 nitrogen and oxygen atoms in total. The number of nitrogens with two attached hydrogens (primary N) is 1. The van der Waals surface area contributed by atoms with Crippen LogP contribution < -0.4 is 15.8 Å². The Morgan fingerprint density at radius 1 is 1.17 bits per heavy atom. The summed E-state index contributed by atoms with van der Waals surface area (Å²) in [6, 6.07) is 5.90. The molecule has 0 atom stereocenters.